The van der Waals surface area contributed by atoms with Gasteiger partial charge in [-0.15, -0.1) is 17.4 Å². The Morgan fingerprint density at radius 3 is 1.45 bits per heavy atom. The summed E-state index contributed by atoms with van der Waals surface area (Å²) >= 11 is 2.20. The lowest BCUT2D eigenvalue weighted by molar-refractivity contribution is 0.407. The zero-order valence-corrected chi connectivity index (χ0v) is 34.4. The van der Waals surface area contributed by atoms with E-state index in [1.807, 2.05) is 31.2 Å². The number of halogens is 1. The summed E-state index contributed by atoms with van der Waals surface area (Å²) in [4.78, 5) is 15.6. The van der Waals surface area contributed by atoms with Gasteiger partial charge < -0.3 is 41.9 Å². The van der Waals surface area contributed by atoms with Crippen LogP contribution in [0.15, 0.2) is 36.7 Å². The number of methoxy groups -OCH3 is 2. The van der Waals surface area contributed by atoms with Crippen molar-refractivity contribution in [3.8, 4) is 57.8 Å². The lowest BCUT2D eigenvalue weighted by Gasteiger charge is -2.17. The van der Waals surface area contributed by atoms with E-state index in [2.05, 4.69) is 113 Å². The fraction of sp³-hybridized carbons (Fsp3) is 0.351. The normalized spacial score (nSPS) is 10.3. The number of rotatable bonds is 8. The van der Waals surface area contributed by atoms with Gasteiger partial charge in [-0.25, -0.2) is 9.97 Å². The van der Waals surface area contributed by atoms with Crippen molar-refractivity contribution in [2.24, 2.45) is 0 Å². The van der Waals surface area contributed by atoms with Gasteiger partial charge in [0.1, 0.15) is 31.1 Å². The van der Waals surface area contributed by atoms with E-state index in [0.29, 0.717) is 28.7 Å². The number of nitrogens with zero attached hydrogens (tertiary/aromatic N) is 4. The highest BCUT2D eigenvalue weighted by Crippen LogP contribution is 2.38. The van der Waals surface area contributed by atoms with Crippen LogP contribution in [-0.2, 0) is 0 Å². The van der Waals surface area contributed by atoms with Gasteiger partial charge in [-0.3, -0.25) is 0 Å². The number of hydrogen-bond acceptors (Lipinski definition) is 12. The summed E-state index contributed by atoms with van der Waals surface area (Å²) in [5.41, 5.74) is 28.5. The molecule has 4 rings (SSSR count). The molecule has 8 N–H and O–H groups in total. The molecule has 0 bridgehead atoms. The number of aromatic nitrogens is 4. The molecule has 0 saturated heterocycles. The Kier molecular flexibility index (Phi) is 16.1. The van der Waals surface area contributed by atoms with E-state index in [4.69, 9.17) is 41.9 Å². The van der Waals surface area contributed by atoms with Crippen LogP contribution in [0.25, 0.3) is 0 Å². The summed E-state index contributed by atoms with van der Waals surface area (Å²) in [6.45, 7) is 18.7. The lowest BCUT2D eigenvalue weighted by atomic mass is 9.99. The van der Waals surface area contributed by atoms with Crippen LogP contribution in [0.3, 0.4) is 0 Å². The molecular weight excluding hydrogens is 775 g/mol. The summed E-state index contributed by atoms with van der Waals surface area (Å²) in [5.74, 6) is 13.5. The average molecular weight is 825 g/mol. The molecular formula is C37H49IN8O4Si. The second-order valence-corrected chi connectivity index (χ2v) is 18.5. The molecule has 0 fully saturated rings. The fourth-order valence-electron chi connectivity index (χ4n) is 4.33. The van der Waals surface area contributed by atoms with Crippen molar-refractivity contribution in [1.82, 2.24) is 19.9 Å². The topological polar surface area (TPSA) is 193 Å². The second-order valence-electron chi connectivity index (χ2n) is 12.6. The highest BCUT2D eigenvalue weighted by atomic mass is 127. The predicted molar refractivity (Wildman–Crippen MR) is 218 cm³/mol. The quantitative estimate of drug-likeness (QED) is 0.0762. The zero-order chi connectivity index (χ0) is 38.5. The molecule has 0 unspecified atom stereocenters. The zero-order valence-electron chi connectivity index (χ0n) is 31.2. The van der Waals surface area contributed by atoms with E-state index in [1.165, 1.54) is 12.4 Å². The van der Waals surface area contributed by atoms with Gasteiger partial charge in [0.15, 0.2) is 23.1 Å². The summed E-state index contributed by atoms with van der Waals surface area (Å²) in [6, 6.07) is 7.63. The van der Waals surface area contributed by atoms with E-state index in [1.54, 1.807) is 21.1 Å². The summed E-state index contributed by atoms with van der Waals surface area (Å²) in [5, 5.41) is 0. The second kappa shape index (κ2) is 19.5. The van der Waals surface area contributed by atoms with Gasteiger partial charge in [0, 0.05) is 17.2 Å². The van der Waals surface area contributed by atoms with Crippen LogP contribution >= 0.6 is 22.6 Å². The Morgan fingerprint density at radius 1 is 0.647 bits per heavy atom. The molecule has 14 heteroatoms. The van der Waals surface area contributed by atoms with Crippen molar-refractivity contribution in [3.63, 3.8) is 0 Å². The van der Waals surface area contributed by atoms with Crippen molar-refractivity contribution in [2.45, 2.75) is 73.0 Å². The highest BCUT2D eigenvalue weighted by molar-refractivity contribution is 14.1. The van der Waals surface area contributed by atoms with Crippen LogP contribution in [-0.4, -0.2) is 42.2 Å². The molecule has 4 aromatic rings. The van der Waals surface area contributed by atoms with Crippen LogP contribution in [0.1, 0.15) is 70.1 Å². The van der Waals surface area contributed by atoms with Crippen LogP contribution in [0, 0.1) is 26.9 Å². The van der Waals surface area contributed by atoms with E-state index < -0.39 is 8.07 Å². The third-order valence-electron chi connectivity index (χ3n) is 6.66. The van der Waals surface area contributed by atoms with Gasteiger partial charge in [-0.05, 0) is 66.5 Å². The number of anilines is 4. The Balaban J connectivity index is 0.000000299. The number of nitrogens with two attached hydrogens (primary N) is 4. The average Bonchev–Trinajstić information content (AvgIpc) is 3.04. The molecule has 0 amide bonds. The van der Waals surface area contributed by atoms with E-state index in [0.717, 1.165) is 26.0 Å². The minimum Gasteiger partial charge on any atom is -0.496 e. The molecule has 272 valence electrons. The smallest absolute Gasteiger partial charge is 0.222 e. The number of hydrogen-bond donors (Lipinski definition) is 4. The third-order valence-corrected chi connectivity index (χ3v) is 8.51. The van der Waals surface area contributed by atoms with Gasteiger partial charge >= 0.3 is 0 Å². The third kappa shape index (κ3) is 13.0. The Bertz CT molecular complexity index is 1930. The first-order valence-electron chi connectivity index (χ1n) is 16.0. The number of nitrogen functional groups attached to an aromatic ring is 4. The summed E-state index contributed by atoms with van der Waals surface area (Å²) in [7, 11) is 2.25. The number of benzene rings is 2. The Labute approximate surface area is 316 Å². The van der Waals surface area contributed by atoms with Gasteiger partial charge in [0.05, 0.1) is 35.7 Å². The summed E-state index contributed by atoms with van der Waals surface area (Å²) < 4.78 is 23.5. The minimum atomic E-state index is -1.02. The van der Waals surface area contributed by atoms with Crippen LogP contribution in [0.4, 0.5) is 23.5 Å². The Hall–Kier alpha value is -4.93. The Morgan fingerprint density at radius 2 is 1.10 bits per heavy atom. The van der Waals surface area contributed by atoms with Crippen LogP contribution < -0.4 is 41.9 Å². The van der Waals surface area contributed by atoms with E-state index in [-0.39, 0.29) is 35.4 Å². The molecule has 0 aliphatic carbocycles. The molecule has 0 spiro atoms. The minimum absolute atomic E-state index is 0.103. The first-order valence-corrected chi connectivity index (χ1v) is 20.6. The summed E-state index contributed by atoms with van der Waals surface area (Å²) in [6.07, 6.45) is 2.93. The molecule has 0 saturated carbocycles. The van der Waals surface area contributed by atoms with Crippen molar-refractivity contribution >= 4 is 54.2 Å². The lowest BCUT2D eigenvalue weighted by Crippen LogP contribution is -2.15. The maximum absolute atomic E-state index is 5.91. The van der Waals surface area contributed by atoms with E-state index in [9.17, 15) is 0 Å². The molecule has 0 atom stereocenters. The molecule has 12 nitrogen and oxygen atoms in total. The van der Waals surface area contributed by atoms with Crippen LogP contribution in [0.2, 0.25) is 19.6 Å². The standard InChI is InChI=1S/C17H20N4O2.C14H17IN4O2.C6H12Si/c1-5-6-11-7-14(12(10(2)3)8-13(11)22-4)23-15-9-20-17(19)21-16(15)18;1-7(2)8-4-11(20-3)9(15)5-10(8)21-12-6-18-14(17)19-13(12)16;1-5-6-7(2,3)4/h7-10H,1-4H3,(H4,18,19,20,21);4-7H,1-3H3,(H4,16,17,18,19);1-4H3. The first-order chi connectivity index (χ1) is 23.9. The van der Waals surface area contributed by atoms with Crippen LogP contribution in [0.5, 0.6) is 34.5 Å². The highest BCUT2D eigenvalue weighted by Gasteiger charge is 2.17. The van der Waals surface area contributed by atoms with Gasteiger partial charge in [-0.1, -0.05) is 53.3 Å². The fourth-order valence-corrected chi connectivity index (χ4v) is 5.74. The van der Waals surface area contributed by atoms with E-state index >= 15 is 0 Å². The molecule has 2 heterocycles. The largest absolute Gasteiger partial charge is 0.496 e. The van der Waals surface area contributed by atoms with Crippen molar-refractivity contribution in [3.05, 3.63) is 56.9 Å². The maximum atomic E-state index is 5.91. The SMILES string of the molecule is CC#C[Si](C)(C)C.CC#Cc1cc(Oc2cnc(N)nc2N)c(C(C)C)cc1OC.COc1cc(C(C)C)c(Oc2cnc(N)nc2N)cc1I. The van der Waals surface area contributed by atoms with Gasteiger partial charge in [0.25, 0.3) is 0 Å². The van der Waals surface area contributed by atoms with Crippen molar-refractivity contribution in [1.29, 1.82) is 0 Å². The van der Waals surface area contributed by atoms with Gasteiger partial charge in [-0.2, -0.15) is 9.97 Å². The molecule has 0 aliphatic heterocycles. The molecule has 51 heavy (non-hydrogen) atoms. The predicted octanol–water partition coefficient (Wildman–Crippen LogP) is 7.99. The monoisotopic (exact) mass is 824 g/mol. The van der Waals surface area contributed by atoms with Crippen molar-refractivity contribution < 1.29 is 18.9 Å². The molecule has 0 radical (unpaired) electrons. The molecule has 2 aromatic heterocycles. The molecule has 2 aromatic carbocycles. The maximum Gasteiger partial charge on any atom is 0.222 e. The van der Waals surface area contributed by atoms with Crippen molar-refractivity contribution in [2.75, 3.05) is 37.2 Å². The van der Waals surface area contributed by atoms with Gasteiger partial charge in [0.2, 0.25) is 11.9 Å². The number of ether oxygens (including phenoxy) is 4. The molecule has 0 aliphatic rings. The first kappa shape index (κ1) is 42.2.